The van der Waals surface area contributed by atoms with E-state index in [9.17, 15) is 15.4 Å². The topological polar surface area (TPSA) is 82.6 Å². The monoisotopic (exact) mass is 366 g/mol. The predicted molar refractivity (Wildman–Crippen MR) is 103 cm³/mol. The molecule has 3 rings (SSSR count). The summed E-state index contributed by atoms with van der Waals surface area (Å²) in [5, 5.41) is 20.3. The minimum absolute atomic E-state index is 0.00680. The number of ether oxygens (including phenoxy) is 1. The molecule has 0 unspecified atom stereocenters. The van der Waals surface area contributed by atoms with Crippen LogP contribution in [0.3, 0.4) is 0 Å². The number of anilines is 1. The summed E-state index contributed by atoms with van der Waals surface area (Å²) >= 11 is 0. The third-order valence-electron chi connectivity index (χ3n) is 4.68. The van der Waals surface area contributed by atoms with Crippen molar-refractivity contribution < 1.29 is 9.66 Å². The van der Waals surface area contributed by atoms with Crippen molar-refractivity contribution in [1.82, 2.24) is 4.90 Å². The van der Waals surface area contributed by atoms with Crippen LogP contribution in [0.4, 0.5) is 11.4 Å². The van der Waals surface area contributed by atoms with E-state index in [2.05, 4.69) is 15.9 Å². The molecular formula is C20H22N4O3. The maximum absolute atomic E-state index is 11.0. The van der Waals surface area contributed by atoms with Gasteiger partial charge in [0.25, 0.3) is 0 Å². The number of para-hydroxylation sites is 3. The van der Waals surface area contributed by atoms with Gasteiger partial charge in [-0.15, -0.1) is 0 Å². The highest BCUT2D eigenvalue weighted by molar-refractivity contribution is 5.59. The summed E-state index contributed by atoms with van der Waals surface area (Å²) < 4.78 is 5.65. The first kappa shape index (κ1) is 18.7. The molecule has 0 amide bonds. The molecular weight excluding hydrogens is 344 g/mol. The van der Waals surface area contributed by atoms with E-state index in [0.717, 1.165) is 38.3 Å². The van der Waals surface area contributed by atoms with E-state index in [1.54, 1.807) is 18.2 Å². The Morgan fingerprint density at radius 3 is 2.67 bits per heavy atom. The fraction of sp³-hybridized carbons (Fsp3) is 0.350. The van der Waals surface area contributed by atoms with E-state index in [-0.39, 0.29) is 5.69 Å². The van der Waals surface area contributed by atoms with Gasteiger partial charge in [0.15, 0.2) is 5.75 Å². The Morgan fingerprint density at radius 2 is 1.85 bits per heavy atom. The lowest BCUT2D eigenvalue weighted by molar-refractivity contribution is -0.385. The number of nitro groups is 1. The SMILES string of the molecule is N#Cc1ccccc1N1CCCN(CCOc2ccccc2[N+](=O)[O-])CC1. The molecule has 0 atom stereocenters. The summed E-state index contributed by atoms with van der Waals surface area (Å²) in [6.07, 6.45) is 0.991. The molecule has 7 heteroatoms. The fourth-order valence-electron chi connectivity index (χ4n) is 3.29. The Morgan fingerprint density at radius 1 is 1.07 bits per heavy atom. The van der Waals surface area contributed by atoms with Crippen molar-refractivity contribution in [1.29, 1.82) is 5.26 Å². The molecule has 1 fully saturated rings. The average molecular weight is 366 g/mol. The van der Waals surface area contributed by atoms with Gasteiger partial charge >= 0.3 is 5.69 Å². The van der Waals surface area contributed by atoms with Gasteiger partial charge in [0.1, 0.15) is 12.7 Å². The first-order valence-electron chi connectivity index (χ1n) is 9.01. The second-order valence-corrected chi connectivity index (χ2v) is 6.38. The van der Waals surface area contributed by atoms with Gasteiger partial charge in [0.2, 0.25) is 0 Å². The maximum Gasteiger partial charge on any atom is 0.310 e. The smallest absolute Gasteiger partial charge is 0.310 e. The van der Waals surface area contributed by atoms with Gasteiger partial charge in [-0.25, -0.2) is 0 Å². The molecule has 140 valence electrons. The third kappa shape index (κ3) is 4.74. The van der Waals surface area contributed by atoms with Crippen molar-refractivity contribution in [3.63, 3.8) is 0 Å². The Bertz CT molecular complexity index is 834. The first-order valence-corrected chi connectivity index (χ1v) is 9.01. The van der Waals surface area contributed by atoms with Crippen LogP contribution in [0.5, 0.6) is 5.75 Å². The molecule has 0 spiro atoms. The average Bonchev–Trinajstić information content (AvgIpc) is 2.94. The second kappa shape index (κ2) is 9.01. The molecule has 1 saturated heterocycles. The van der Waals surface area contributed by atoms with Crippen molar-refractivity contribution in [2.75, 3.05) is 44.2 Å². The van der Waals surface area contributed by atoms with Gasteiger partial charge in [-0.3, -0.25) is 15.0 Å². The number of benzene rings is 2. The van der Waals surface area contributed by atoms with E-state index in [1.165, 1.54) is 6.07 Å². The Balaban J connectivity index is 1.54. The van der Waals surface area contributed by atoms with E-state index >= 15 is 0 Å². The van der Waals surface area contributed by atoms with Crippen LogP contribution in [0.25, 0.3) is 0 Å². The minimum atomic E-state index is -0.425. The molecule has 1 heterocycles. The van der Waals surface area contributed by atoms with Crippen LogP contribution in [0.2, 0.25) is 0 Å². The van der Waals surface area contributed by atoms with E-state index in [0.29, 0.717) is 24.5 Å². The molecule has 0 saturated carbocycles. The number of hydrogen-bond acceptors (Lipinski definition) is 6. The molecule has 1 aliphatic rings. The van der Waals surface area contributed by atoms with Crippen LogP contribution in [0.15, 0.2) is 48.5 Å². The summed E-state index contributed by atoms with van der Waals surface area (Å²) in [5.74, 6) is 0.307. The number of rotatable bonds is 6. The molecule has 7 nitrogen and oxygen atoms in total. The lowest BCUT2D eigenvalue weighted by atomic mass is 10.1. The highest BCUT2D eigenvalue weighted by atomic mass is 16.6. The van der Waals surface area contributed by atoms with Crippen LogP contribution >= 0.6 is 0 Å². The second-order valence-electron chi connectivity index (χ2n) is 6.38. The van der Waals surface area contributed by atoms with Crippen molar-refractivity contribution in [3.8, 4) is 11.8 Å². The van der Waals surface area contributed by atoms with Crippen LogP contribution in [-0.2, 0) is 0 Å². The lowest BCUT2D eigenvalue weighted by Crippen LogP contribution is -2.33. The predicted octanol–water partition coefficient (Wildman–Crippen LogP) is 3.06. The Kier molecular flexibility index (Phi) is 6.23. The van der Waals surface area contributed by atoms with Gasteiger partial charge in [0.05, 0.1) is 16.2 Å². The van der Waals surface area contributed by atoms with Crippen molar-refractivity contribution >= 4 is 11.4 Å². The summed E-state index contributed by atoms with van der Waals surface area (Å²) in [6, 6.07) is 16.4. The molecule has 0 aromatic heterocycles. The highest BCUT2D eigenvalue weighted by Gasteiger charge is 2.18. The number of nitro benzene ring substituents is 1. The molecule has 2 aromatic carbocycles. The summed E-state index contributed by atoms with van der Waals surface area (Å²) in [6.45, 7) is 4.65. The zero-order valence-electron chi connectivity index (χ0n) is 15.1. The van der Waals surface area contributed by atoms with Gasteiger partial charge in [-0.05, 0) is 24.6 Å². The van der Waals surface area contributed by atoms with Crippen molar-refractivity contribution in [2.45, 2.75) is 6.42 Å². The summed E-state index contributed by atoms with van der Waals surface area (Å²) in [7, 11) is 0. The number of nitrogens with zero attached hydrogens (tertiary/aromatic N) is 4. The fourth-order valence-corrected chi connectivity index (χ4v) is 3.29. The summed E-state index contributed by atoms with van der Waals surface area (Å²) in [4.78, 5) is 15.2. The van der Waals surface area contributed by atoms with E-state index in [4.69, 9.17) is 4.74 Å². The highest BCUT2D eigenvalue weighted by Crippen LogP contribution is 2.26. The maximum atomic E-state index is 11.0. The van der Waals surface area contributed by atoms with Gasteiger partial charge < -0.3 is 9.64 Å². The largest absolute Gasteiger partial charge is 0.485 e. The zero-order chi connectivity index (χ0) is 19.1. The molecule has 0 radical (unpaired) electrons. The quantitative estimate of drug-likeness (QED) is 0.577. The van der Waals surface area contributed by atoms with Gasteiger partial charge in [-0.2, -0.15) is 5.26 Å². The molecule has 0 bridgehead atoms. The number of hydrogen-bond donors (Lipinski definition) is 0. The Hall–Kier alpha value is -3.11. The van der Waals surface area contributed by atoms with Crippen LogP contribution in [0, 0.1) is 21.4 Å². The molecule has 0 aliphatic carbocycles. The molecule has 27 heavy (non-hydrogen) atoms. The normalized spacial score (nSPS) is 15.0. The minimum Gasteiger partial charge on any atom is -0.485 e. The van der Waals surface area contributed by atoms with Gasteiger partial charge in [0, 0.05) is 38.8 Å². The van der Waals surface area contributed by atoms with Gasteiger partial charge in [-0.1, -0.05) is 24.3 Å². The van der Waals surface area contributed by atoms with Crippen LogP contribution in [0.1, 0.15) is 12.0 Å². The standard InChI is InChI=1S/C20H22N4O3/c21-16-17-6-1-2-7-18(17)23-11-5-10-22(12-13-23)14-15-27-20-9-4-3-8-19(20)24(25)26/h1-4,6-9H,5,10-15H2. The van der Waals surface area contributed by atoms with Crippen LogP contribution < -0.4 is 9.64 Å². The van der Waals surface area contributed by atoms with Crippen molar-refractivity contribution in [2.24, 2.45) is 0 Å². The molecule has 2 aromatic rings. The third-order valence-corrected chi connectivity index (χ3v) is 4.68. The Labute approximate surface area is 158 Å². The molecule has 1 aliphatic heterocycles. The van der Waals surface area contributed by atoms with Crippen LogP contribution in [-0.4, -0.2) is 49.2 Å². The molecule has 0 N–H and O–H groups in total. The van der Waals surface area contributed by atoms with E-state index < -0.39 is 4.92 Å². The van der Waals surface area contributed by atoms with E-state index in [1.807, 2.05) is 24.3 Å². The lowest BCUT2D eigenvalue weighted by Gasteiger charge is -2.24. The van der Waals surface area contributed by atoms with Crippen molar-refractivity contribution in [3.05, 3.63) is 64.2 Å². The zero-order valence-corrected chi connectivity index (χ0v) is 15.1. The first-order chi connectivity index (χ1) is 13.2. The summed E-state index contributed by atoms with van der Waals surface area (Å²) in [5.41, 5.74) is 1.68. The number of nitriles is 1.